The molecular weight excluding hydrogens is 445 g/mol. The van der Waals surface area contributed by atoms with E-state index < -0.39 is 17.8 Å². The van der Waals surface area contributed by atoms with Gasteiger partial charge in [-0.15, -0.1) is 10.2 Å². The van der Waals surface area contributed by atoms with Crippen LogP contribution in [0.4, 0.5) is 25.7 Å². The van der Waals surface area contributed by atoms with Gasteiger partial charge in [0.1, 0.15) is 5.82 Å². The Kier molecular flexibility index (Phi) is 7.51. The lowest BCUT2D eigenvalue weighted by atomic mass is 10.2. The van der Waals surface area contributed by atoms with Gasteiger partial charge in [-0.3, -0.25) is 10.1 Å². The Morgan fingerprint density at radius 2 is 1.61 bits per heavy atom. The molecule has 12 heteroatoms. The van der Waals surface area contributed by atoms with Crippen molar-refractivity contribution in [3.8, 4) is 0 Å². The molecule has 3 amide bonds. The van der Waals surface area contributed by atoms with Crippen LogP contribution in [0.3, 0.4) is 0 Å². The third kappa shape index (κ3) is 6.76. The van der Waals surface area contributed by atoms with Crippen molar-refractivity contribution in [3.05, 3.63) is 59.9 Å². The zero-order valence-corrected chi connectivity index (χ0v) is 17.7. The molecule has 1 heterocycles. The minimum absolute atomic E-state index is 0.0785. The fourth-order valence-corrected chi connectivity index (χ4v) is 3.79. The summed E-state index contributed by atoms with van der Waals surface area (Å²) in [4.78, 5) is 35.5. The smallest absolute Gasteiger partial charge is 0.337 e. The maximum absolute atomic E-state index is 12.9. The number of anilines is 3. The van der Waals surface area contributed by atoms with E-state index in [2.05, 4.69) is 30.9 Å². The Labute approximate surface area is 184 Å². The Bertz CT molecular complexity index is 1070. The van der Waals surface area contributed by atoms with E-state index in [0.717, 1.165) is 23.1 Å². The molecule has 0 bridgehead atoms. The van der Waals surface area contributed by atoms with Crippen molar-refractivity contribution >= 4 is 57.5 Å². The second kappa shape index (κ2) is 10.5. The molecule has 160 valence electrons. The Balaban J connectivity index is 1.45. The second-order valence-corrected chi connectivity index (χ2v) is 8.06. The number of nitrogens with one attached hydrogen (secondary N) is 3. The zero-order chi connectivity index (χ0) is 22.2. The summed E-state index contributed by atoms with van der Waals surface area (Å²) in [5.74, 6) is -1.05. The third-order valence-electron chi connectivity index (χ3n) is 3.65. The molecule has 0 aliphatic carbocycles. The summed E-state index contributed by atoms with van der Waals surface area (Å²) in [7, 11) is 1.29. The fourth-order valence-electron chi connectivity index (χ4n) is 2.24. The summed E-state index contributed by atoms with van der Waals surface area (Å²) in [5, 5.41) is 15.8. The first-order valence-corrected chi connectivity index (χ1v) is 10.5. The molecule has 0 aliphatic rings. The van der Waals surface area contributed by atoms with Crippen LogP contribution in [0.2, 0.25) is 0 Å². The predicted molar refractivity (Wildman–Crippen MR) is 116 cm³/mol. The summed E-state index contributed by atoms with van der Waals surface area (Å²) in [6, 6.07) is 11.1. The van der Waals surface area contributed by atoms with Crippen molar-refractivity contribution in [3.63, 3.8) is 0 Å². The Hall–Kier alpha value is -3.51. The first-order chi connectivity index (χ1) is 14.9. The van der Waals surface area contributed by atoms with Crippen LogP contribution in [0.5, 0.6) is 0 Å². The minimum atomic E-state index is -0.549. The van der Waals surface area contributed by atoms with Gasteiger partial charge in [0.05, 0.1) is 18.4 Å². The number of carbonyl (C=O) groups is 3. The molecule has 3 aromatic rings. The van der Waals surface area contributed by atoms with Gasteiger partial charge in [0.15, 0.2) is 4.34 Å². The van der Waals surface area contributed by atoms with E-state index >= 15 is 0 Å². The highest BCUT2D eigenvalue weighted by atomic mass is 32.2. The standard InChI is InChI=1S/C19H16FN5O4S2/c1-29-16(27)11-2-6-13(7-3-11)21-15(26)10-30-19-25-24-18(31-19)23-17(28)22-14-8-4-12(20)5-9-14/h2-9H,10H2,1H3,(H,21,26)(H2,22,23,24,28). The van der Waals surface area contributed by atoms with Gasteiger partial charge in [0.2, 0.25) is 11.0 Å². The number of amides is 3. The van der Waals surface area contributed by atoms with Crippen molar-refractivity contribution in [2.75, 3.05) is 28.8 Å². The molecule has 31 heavy (non-hydrogen) atoms. The average Bonchev–Trinajstić information content (AvgIpc) is 3.21. The molecule has 0 saturated heterocycles. The number of urea groups is 1. The summed E-state index contributed by atoms with van der Waals surface area (Å²) in [5.41, 5.74) is 1.34. The molecule has 9 nitrogen and oxygen atoms in total. The Morgan fingerprint density at radius 3 is 2.29 bits per heavy atom. The van der Waals surface area contributed by atoms with Crippen LogP contribution in [-0.4, -0.2) is 41.0 Å². The molecule has 0 unspecified atom stereocenters. The number of halogens is 1. The summed E-state index contributed by atoms with van der Waals surface area (Å²) in [6.07, 6.45) is 0. The molecule has 0 aliphatic heterocycles. The number of aromatic nitrogens is 2. The van der Waals surface area contributed by atoms with E-state index in [-0.39, 0.29) is 16.8 Å². The van der Waals surface area contributed by atoms with Gasteiger partial charge in [-0.05, 0) is 48.5 Å². The first-order valence-electron chi connectivity index (χ1n) is 8.71. The van der Waals surface area contributed by atoms with Gasteiger partial charge in [-0.2, -0.15) is 0 Å². The SMILES string of the molecule is COC(=O)c1ccc(NC(=O)CSc2nnc(NC(=O)Nc3ccc(F)cc3)s2)cc1. The molecule has 3 rings (SSSR count). The topological polar surface area (TPSA) is 122 Å². The van der Waals surface area contributed by atoms with E-state index in [1.807, 2.05) is 0 Å². The number of hydrogen-bond acceptors (Lipinski definition) is 8. The number of esters is 1. The van der Waals surface area contributed by atoms with E-state index in [1.165, 1.54) is 31.4 Å². The molecule has 0 atom stereocenters. The van der Waals surface area contributed by atoms with Crippen LogP contribution in [-0.2, 0) is 9.53 Å². The van der Waals surface area contributed by atoms with Crippen molar-refractivity contribution in [2.24, 2.45) is 0 Å². The van der Waals surface area contributed by atoms with Crippen molar-refractivity contribution in [2.45, 2.75) is 4.34 Å². The largest absolute Gasteiger partial charge is 0.465 e. The summed E-state index contributed by atoms with van der Waals surface area (Å²) >= 11 is 2.27. The number of methoxy groups -OCH3 is 1. The number of benzene rings is 2. The number of ether oxygens (including phenoxy) is 1. The van der Waals surface area contributed by atoms with Gasteiger partial charge in [-0.25, -0.2) is 14.0 Å². The average molecular weight is 462 g/mol. The van der Waals surface area contributed by atoms with Gasteiger partial charge >= 0.3 is 12.0 Å². The van der Waals surface area contributed by atoms with Crippen LogP contribution in [0.1, 0.15) is 10.4 Å². The fraction of sp³-hybridized carbons (Fsp3) is 0.105. The zero-order valence-electron chi connectivity index (χ0n) is 16.0. The number of thioether (sulfide) groups is 1. The maximum atomic E-state index is 12.9. The van der Waals surface area contributed by atoms with Gasteiger partial charge in [0.25, 0.3) is 0 Å². The van der Waals surface area contributed by atoms with E-state index in [9.17, 15) is 18.8 Å². The molecule has 0 radical (unpaired) electrons. The number of nitrogens with zero attached hydrogens (tertiary/aromatic N) is 2. The summed E-state index contributed by atoms with van der Waals surface area (Å²) < 4.78 is 18.0. The maximum Gasteiger partial charge on any atom is 0.337 e. The van der Waals surface area contributed by atoms with Gasteiger partial charge in [0, 0.05) is 11.4 Å². The molecule has 0 fully saturated rings. The lowest BCUT2D eigenvalue weighted by molar-refractivity contribution is -0.113. The molecule has 0 spiro atoms. The van der Waals surface area contributed by atoms with Crippen molar-refractivity contribution in [1.82, 2.24) is 10.2 Å². The number of carbonyl (C=O) groups excluding carboxylic acids is 3. The number of hydrogen-bond donors (Lipinski definition) is 3. The van der Waals surface area contributed by atoms with Crippen LogP contribution < -0.4 is 16.0 Å². The lowest BCUT2D eigenvalue weighted by Gasteiger charge is -2.05. The van der Waals surface area contributed by atoms with Crippen LogP contribution in [0, 0.1) is 5.82 Å². The third-order valence-corrected chi connectivity index (χ3v) is 5.62. The highest BCUT2D eigenvalue weighted by molar-refractivity contribution is 8.01. The number of rotatable bonds is 7. The lowest BCUT2D eigenvalue weighted by Crippen LogP contribution is -2.19. The van der Waals surface area contributed by atoms with E-state index in [1.54, 1.807) is 24.3 Å². The second-order valence-electron chi connectivity index (χ2n) is 5.86. The summed E-state index contributed by atoms with van der Waals surface area (Å²) in [6.45, 7) is 0. The quantitative estimate of drug-likeness (QED) is 0.278. The highest BCUT2D eigenvalue weighted by Crippen LogP contribution is 2.25. The first kappa shape index (κ1) is 22.2. The van der Waals surface area contributed by atoms with Crippen LogP contribution in [0.15, 0.2) is 52.9 Å². The van der Waals surface area contributed by atoms with E-state index in [0.29, 0.717) is 21.3 Å². The Morgan fingerprint density at radius 1 is 0.968 bits per heavy atom. The predicted octanol–water partition coefficient (Wildman–Crippen LogP) is 3.84. The van der Waals surface area contributed by atoms with Gasteiger partial charge in [-0.1, -0.05) is 23.1 Å². The molecular formula is C19H16FN5O4S2. The molecule has 2 aromatic carbocycles. The molecule has 3 N–H and O–H groups in total. The minimum Gasteiger partial charge on any atom is -0.465 e. The van der Waals surface area contributed by atoms with Crippen molar-refractivity contribution in [1.29, 1.82) is 0 Å². The normalized spacial score (nSPS) is 10.3. The van der Waals surface area contributed by atoms with Gasteiger partial charge < -0.3 is 15.4 Å². The molecule has 1 aromatic heterocycles. The van der Waals surface area contributed by atoms with E-state index in [4.69, 9.17) is 0 Å². The van der Waals surface area contributed by atoms with Crippen LogP contribution >= 0.6 is 23.1 Å². The van der Waals surface area contributed by atoms with Crippen LogP contribution in [0.25, 0.3) is 0 Å². The van der Waals surface area contributed by atoms with Crippen molar-refractivity contribution < 1.29 is 23.5 Å². The highest BCUT2D eigenvalue weighted by Gasteiger charge is 2.11. The monoisotopic (exact) mass is 461 g/mol. The molecule has 0 saturated carbocycles.